The monoisotopic (exact) mass is 362 g/mol. The molecule has 0 amide bonds. The summed E-state index contributed by atoms with van der Waals surface area (Å²) < 4.78 is 5.68. The molecule has 1 nitrogen and oxygen atoms in total. The number of allylic oxidation sites excluding steroid dienone is 2. The summed E-state index contributed by atoms with van der Waals surface area (Å²) in [6.07, 6.45) is 16.0. The Hall–Kier alpha value is -0.300. The van der Waals surface area contributed by atoms with E-state index in [1.165, 1.54) is 57.8 Å². The topological polar surface area (TPSA) is 9.23 Å². The molecule has 4 fully saturated rings. The summed E-state index contributed by atoms with van der Waals surface area (Å²) in [7, 11) is 1.92. The van der Waals surface area contributed by atoms with Crippen LogP contribution in [0.5, 0.6) is 0 Å². The first-order chi connectivity index (χ1) is 12.7. The second-order valence-electron chi connectivity index (χ2n) is 8.91. The number of methoxy groups -OCH3 is 1. The Kier molecular flexibility index (Phi) is 8.26. The van der Waals surface area contributed by atoms with E-state index < -0.39 is 0 Å². The first-order valence-corrected chi connectivity index (χ1v) is 11.9. The third-order valence-corrected chi connectivity index (χ3v) is 8.44. The van der Waals surface area contributed by atoms with Crippen LogP contribution in [0.1, 0.15) is 99.3 Å². The molecule has 0 N–H and O–H groups in total. The largest absolute Gasteiger partial charge is 0.381 e. The molecule has 152 valence electrons. The van der Waals surface area contributed by atoms with Gasteiger partial charge in [-0.1, -0.05) is 46.3 Å². The molecule has 4 rings (SSSR count). The highest BCUT2D eigenvalue weighted by Gasteiger charge is 2.55. The lowest BCUT2D eigenvalue weighted by atomic mass is 9.50. The van der Waals surface area contributed by atoms with Crippen LogP contribution in [0.4, 0.5) is 0 Å². The first kappa shape index (κ1) is 22.0. The highest BCUT2D eigenvalue weighted by atomic mass is 16.5. The van der Waals surface area contributed by atoms with Crippen LogP contribution in [-0.4, -0.2) is 13.2 Å². The van der Waals surface area contributed by atoms with E-state index in [9.17, 15) is 0 Å². The zero-order valence-electron chi connectivity index (χ0n) is 18.8. The third-order valence-electron chi connectivity index (χ3n) is 8.44. The second kappa shape index (κ2) is 9.76. The quantitative estimate of drug-likeness (QED) is 0.435. The maximum atomic E-state index is 5.68. The van der Waals surface area contributed by atoms with Gasteiger partial charge in [0, 0.05) is 7.11 Å². The van der Waals surface area contributed by atoms with Gasteiger partial charge >= 0.3 is 0 Å². The molecule has 4 aliphatic rings. The van der Waals surface area contributed by atoms with E-state index >= 15 is 0 Å². The molecule has 0 radical (unpaired) electrons. The van der Waals surface area contributed by atoms with E-state index in [4.69, 9.17) is 4.74 Å². The molecule has 0 aliphatic heterocycles. The summed E-state index contributed by atoms with van der Waals surface area (Å²) in [6, 6.07) is 0. The number of hydrogen-bond donors (Lipinski definition) is 0. The molecule has 0 aromatic carbocycles. The molecular weight excluding hydrogens is 316 g/mol. The van der Waals surface area contributed by atoms with Crippen molar-refractivity contribution >= 4 is 0 Å². The zero-order valence-corrected chi connectivity index (χ0v) is 18.8. The van der Waals surface area contributed by atoms with Gasteiger partial charge in [0.2, 0.25) is 0 Å². The molecule has 0 bridgehead atoms. The summed E-state index contributed by atoms with van der Waals surface area (Å²) in [5.74, 6) is 5.09. The lowest BCUT2D eigenvalue weighted by molar-refractivity contribution is -0.0681. The minimum atomic E-state index is 0.562. The molecule has 0 aromatic heterocycles. The van der Waals surface area contributed by atoms with Gasteiger partial charge in [-0.2, -0.15) is 0 Å². The van der Waals surface area contributed by atoms with Crippen LogP contribution in [-0.2, 0) is 4.74 Å². The maximum absolute atomic E-state index is 5.68. The zero-order chi connectivity index (χ0) is 19.3. The van der Waals surface area contributed by atoms with E-state index in [0.29, 0.717) is 11.5 Å². The number of rotatable bonds is 1. The lowest BCUT2D eigenvalue weighted by Crippen LogP contribution is -2.48. The minimum absolute atomic E-state index is 0.562. The maximum Gasteiger partial charge on any atom is 0.0574 e. The molecule has 7 unspecified atom stereocenters. The molecule has 4 aliphatic carbocycles. The van der Waals surface area contributed by atoms with Crippen molar-refractivity contribution in [3.8, 4) is 0 Å². The Morgan fingerprint density at radius 1 is 0.885 bits per heavy atom. The van der Waals surface area contributed by atoms with Crippen molar-refractivity contribution in [2.75, 3.05) is 7.11 Å². The van der Waals surface area contributed by atoms with Crippen LogP contribution in [0.2, 0.25) is 0 Å². The fraction of sp³-hybridized carbons (Fsp3) is 0.920. The van der Waals surface area contributed by atoms with Gasteiger partial charge in [-0.15, -0.1) is 0 Å². The Morgan fingerprint density at radius 3 is 2.23 bits per heavy atom. The van der Waals surface area contributed by atoms with Gasteiger partial charge in [-0.05, 0) is 99.7 Å². The van der Waals surface area contributed by atoms with Crippen LogP contribution in [0, 0.1) is 35.0 Å². The first-order valence-electron chi connectivity index (χ1n) is 11.9. The summed E-state index contributed by atoms with van der Waals surface area (Å²) in [6.45, 7) is 12.9. The Bertz CT molecular complexity index is 453. The minimum Gasteiger partial charge on any atom is -0.381 e. The molecule has 7 atom stereocenters. The molecular formula is C25H46O. The number of fused-ring (bicyclic) bond motifs is 5. The number of ether oxygens (including phenoxy) is 1. The molecule has 0 aromatic rings. The molecule has 0 spiro atoms. The summed E-state index contributed by atoms with van der Waals surface area (Å²) in [4.78, 5) is 0. The fourth-order valence-corrected chi connectivity index (χ4v) is 7.35. The Balaban J connectivity index is 0.000000570. The average Bonchev–Trinajstić information content (AvgIpc) is 3.06. The van der Waals surface area contributed by atoms with Crippen LogP contribution in [0.25, 0.3) is 0 Å². The normalized spacial score (nSPS) is 45.3. The SMILES string of the molecule is C/C=C1/CCC2C3CCC4CC(OC)CCC4C3CCC12C.CC.CC. The van der Waals surface area contributed by atoms with Crippen LogP contribution in [0.3, 0.4) is 0 Å². The van der Waals surface area contributed by atoms with Crippen molar-refractivity contribution in [2.45, 2.75) is 105 Å². The van der Waals surface area contributed by atoms with Crippen LogP contribution >= 0.6 is 0 Å². The van der Waals surface area contributed by atoms with E-state index in [1.807, 2.05) is 34.8 Å². The molecule has 0 saturated heterocycles. The predicted octanol–water partition coefficient (Wildman–Crippen LogP) is 7.65. The molecule has 26 heavy (non-hydrogen) atoms. The van der Waals surface area contributed by atoms with Gasteiger partial charge in [-0.3, -0.25) is 0 Å². The van der Waals surface area contributed by atoms with Crippen molar-refractivity contribution in [1.29, 1.82) is 0 Å². The van der Waals surface area contributed by atoms with Crippen molar-refractivity contribution < 1.29 is 4.74 Å². The summed E-state index contributed by atoms with van der Waals surface area (Å²) >= 11 is 0. The fourth-order valence-electron chi connectivity index (χ4n) is 7.35. The van der Waals surface area contributed by atoms with Gasteiger partial charge in [0.05, 0.1) is 6.10 Å². The molecule has 4 saturated carbocycles. The third kappa shape index (κ3) is 3.80. The van der Waals surface area contributed by atoms with Crippen molar-refractivity contribution in [3.05, 3.63) is 11.6 Å². The van der Waals surface area contributed by atoms with Crippen molar-refractivity contribution in [3.63, 3.8) is 0 Å². The average molecular weight is 363 g/mol. The Labute approximate surface area is 164 Å². The number of hydrogen-bond acceptors (Lipinski definition) is 1. The highest BCUT2D eigenvalue weighted by molar-refractivity contribution is 5.23. The van der Waals surface area contributed by atoms with Gasteiger partial charge < -0.3 is 4.74 Å². The standard InChI is InChI=1S/C21H34O.2C2H6/c1-4-15-6-10-20-19-8-5-14-13-16(22-3)7-9-17(14)18(19)11-12-21(15,20)2;2*1-2/h4,14,16-20H,5-13H2,1-3H3;2*1-2H3/b15-4-;;. The van der Waals surface area contributed by atoms with Gasteiger partial charge in [0.1, 0.15) is 0 Å². The second-order valence-corrected chi connectivity index (χ2v) is 8.91. The van der Waals surface area contributed by atoms with Gasteiger partial charge in [0.25, 0.3) is 0 Å². The Morgan fingerprint density at radius 2 is 1.58 bits per heavy atom. The van der Waals surface area contributed by atoms with E-state index in [-0.39, 0.29) is 0 Å². The molecule has 1 heteroatoms. The van der Waals surface area contributed by atoms with Crippen LogP contribution < -0.4 is 0 Å². The van der Waals surface area contributed by atoms with Crippen molar-refractivity contribution in [1.82, 2.24) is 0 Å². The molecule has 0 heterocycles. The van der Waals surface area contributed by atoms with Gasteiger partial charge in [0.15, 0.2) is 0 Å². The summed E-state index contributed by atoms with van der Waals surface area (Å²) in [5.41, 5.74) is 2.35. The van der Waals surface area contributed by atoms with E-state index in [2.05, 4.69) is 19.9 Å². The highest BCUT2D eigenvalue weighted by Crippen LogP contribution is 2.64. The summed E-state index contributed by atoms with van der Waals surface area (Å²) in [5, 5.41) is 0. The van der Waals surface area contributed by atoms with E-state index in [1.54, 1.807) is 5.57 Å². The van der Waals surface area contributed by atoms with Crippen LogP contribution in [0.15, 0.2) is 11.6 Å². The predicted molar refractivity (Wildman–Crippen MR) is 114 cm³/mol. The lowest BCUT2D eigenvalue weighted by Gasteiger charge is -2.55. The smallest absolute Gasteiger partial charge is 0.0574 e. The van der Waals surface area contributed by atoms with Gasteiger partial charge in [-0.25, -0.2) is 0 Å². The van der Waals surface area contributed by atoms with Crippen molar-refractivity contribution in [2.24, 2.45) is 35.0 Å². The van der Waals surface area contributed by atoms with E-state index in [0.717, 1.165) is 29.6 Å².